The maximum Gasteiger partial charge on any atom is 0.407 e. The third-order valence-corrected chi connectivity index (χ3v) is 12.8. The molecule has 4 N–H and O–H groups in total. The van der Waals surface area contributed by atoms with Gasteiger partial charge in [-0.3, -0.25) is 9.59 Å². The molecule has 0 saturated carbocycles. The van der Waals surface area contributed by atoms with E-state index in [1.54, 1.807) is 60.4 Å². The van der Waals surface area contributed by atoms with E-state index >= 15 is 0 Å². The van der Waals surface area contributed by atoms with Gasteiger partial charge in [0.1, 0.15) is 11.7 Å². The van der Waals surface area contributed by atoms with Crippen LogP contribution in [-0.2, 0) is 42.7 Å². The average molecular weight is 884 g/mol. The standard InChI is InChI=1S/C45H81N5O12/c1-25(2)47-41-50(14)32-20-27(4)57-40(36(32)60-41)61-38-28(5)35(59-34-23-45(12,56-15)37(52)30(7)58-34)29(6)39(53)48-31(18-16-17-19-46-42(54)62-43(8,9)10)21-33(51)49(13)24-26(3)22-44(38,11)55/h25-32,34-38,40,52,55H,16-24H2,1-15H3,(H,46,54)(H,48,53)/b47-41+/t26-,27?,28+,29?,30?,31?,32?,34+,35?,36-,37+,38-,40?,44?,45?/m1/s1. The van der Waals surface area contributed by atoms with Gasteiger partial charge in [-0.05, 0) is 100 Å². The van der Waals surface area contributed by atoms with Gasteiger partial charge < -0.3 is 63.8 Å². The minimum atomic E-state index is -1.53. The van der Waals surface area contributed by atoms with Gasteiger partial charge in [0.15, 0.2) is 18.7 Å². The van der Waals surface area contributed by atoms with Crippen molar-refractivity contribution in [1.29, 1.82) is 0 Å². The number of aliphatic hydroxyl groups is 2. The number of unbranched alkanes of at least 4 members (excludes halogenated alkanes) is 1. The second-order valence-electron chi connectivity index (χ2n) is 20.3. The second-order valence-corrected chi connectivity index (χ2v) is 20.3. The zero-order valence-electron chi connectivity index (χ0n) is 40.3. The Morgan fingerprint density at radius 2 is 1.73 bits per heavy atom. The van der Waals surface area contributed by atoms with Gasteiger partial charge in [-0.25, -0.2) is 9.79 Å². The molecule has 0 radical (unpaired) electrons. The molecular weight excluding hydrogens is 803 g/mol. The van der Waals surface area contributed by atoms with E-state index in [4.69, 9.17) is 38.2 Å². The van der Waals surface area contributed by atoms with Crippen LogP contribution in [0.4, 0.5) is 4.79 Å². The van der Waals surface area contributed by atoms with Gasteiger partial charge in [0, 0.05) is 65.1 Å². The smallest absolute Gasteiger partial charge is 0.407 e. The number of nitrogens with zero attached hydrogens (tertiary/aromatic N) is 3. The lowest BCUT2D eigenvalue weighted by molar-refractivity contribution is -0.313. The Labute approximate surface area is 370 Å². The summed E-state index contributed by atoms with van der Waals surface area (Å²) in [6.07, 6.45) is -3.73. The number of alkyl carbamates (subject to hydrolysis) is 1. The normalized spacial score (nSPS) is 39.8. The summed E-state index contributed by atoms with van der Waals surface area (Å²) in [5.41, 5.74) is -3.16. The molecule has 0 aromatic heterocycles. The number of ether oxygens (including phenoxy) is 7. The molecule has 0 aliphatic carbocycles. The first-order valence-electron chi connectivity index (χ1n) is 22.8. The van der Waals surface area contributed by atoms with Crippen molar-refractivity contribution in [1.82, 2.24) is 20.4 Å². The van der Waals surface area contributed by atoms with E-state index in [1.165, 1.54) is 7.11 Å². The summed E-state index contributed by atoms with van der Waals surface area (Å²) in [4.78, 5) is 49.0. The van der Waals surface area contributed by atoms with Crippen LogP contribution in [-0.4, -0.2) is 162 Å². The molecule has 0 aromatic rings. The monoisotopic (exact) mass is 884 g/mol. The Kier molecular flexibility index (Phi) is 17.9. The van der Waals surface area contributed by atoms with E-state index in [2.05, 4.69) is 10.6 Å². The number of methoxy groups -OCH3 is 1. The lowest BCUT2D eigenvalue weighted by Crippen LogP contribution is -2.60. The molecule has 4 aliphatic heterocycles. The van der Waals surface area contributed by atoms with Gasteiger partial charge in [0.2, 0.25) is 11.8 Å². The van der Waals surface area contributed by atoms with Crippen LogP contribution >= 0.6 is 0 Å². The predicted molar refractivity (Wildman–Crippen MR) is 233 cm³/mol. The van der Waals surface area contributed by atoms with Crippen molar-refractivity contribution in [3.63, 3.8) is 0 Å². The Bertz CT molecular complexity index is 1530. The zero-order valence-corrected chi connectivity index (χ0v) is 40.3. The van der Waals surface area contributed by atoms with Crippen LogP contribution in [0.2, 0.25) is 0 Å². The van der Waals surface area contributed by atoms with Crippen LogP contribution in [0.25, 0.3) is 0 Å². The first-order chi connectivity index (χ1) is 28.7. The highest BCUT2D eigenvalue weighted by molar-refractivity contribution is 5.81. The molecular formula is C45H81N5O12. The lowest BCUT2D eigenvalue weighted by Gasteiger charge is -2.48. The van der Waals surface area contributed by atoms with E-state index in [-0.39, 0.29) is 55.2 Å². The number of carbonyl (C=O) groups excluding carboxylic acids is 3. The summed E-state index contributed by atoms with van der Waals surface area (Å²) in [5.74, 6) is -2.19. The zero-order chi connectivity index (χ0) is 46.5. The molecule has 62 heavy (non-hydrogen) atoms. The molecule has 3 amide bonds. The highest BCUT2D eigenvalue weighted by Gasteiger charge is 2.54. The largest absolute Gasteiger partial charge is 0.454 e. The molecule has 15 atom stereocenters. The summed E-state index contributed by atoms with van der Waals surface area (Å²) in [7, 11) is 5.23. The third-order valence-electron chi connectivity index (χ3n) is 12.8. The summed E-state index contributed by atoms with van der Waals surface area (Å²) >= 11 is 0. The first-order valence-corrected chi connectivity index (χ1v) is 22.8. The minimum absolute atomic E-state index is 0.00531. The van der Waals surface area contributed by atoms with Gasteiger partial charge >= 0.3 is 6.09 Å². The van der Waals surface area contributed by atoms with Gasteiger partial charge in [0.05, 0.1) is 47.6 Å². The SMILES string of the molecule is COC1(C)C[C@H](OC2C(C)C(=O)NC(CCCCNC(=O)OC(C)(C)C)CC(=O)N(C)C[C@H](C)CC(C)(O)[C@H](OC3OC(C)CC4[C@H]3O/C(=N/C(C)C)N4C)[C@H]2C)OC(C)[C@@H]1O. The first kappa shape index (κ1) is 51.8. The van der Waals surface area contributed by atoms with E-state index in [0.29, 0.717) is 44.8 Å². The Morgan fingerprint density at radius 1 is 1.05 bits per heavy atom. The Balaban J connectivity index is 1.71. The predicted octanol–water partition coefficient (Wildman–Crippen LogP) is 4.35. The van der Waals surface area contributed by atoms with Crippen LogP contribution in [0.5, 0.6) is 0 Å². The number of hydrogen-bond acceptors (Lipinski definition) is 13. The number of carbonyl (C=O) groups is 3. The molecule has 0 aromatic carbocycles. The van der Waals surface area contributed by atoms with Crippen molar-refractivity contribution in [3.05, 3.63) is 0 Å². The van der Waals surface area contributed by atoms with Crippen LogP contribution in [0, 0.1) is 17.8 Å². The van der Waals surface area contributed by atoms with E-state index in [9.17, 15) is 24.6 Å². The summed E-state index contributed by atoms with van der Waals surface area (Å²) in [6.45, 7) is 23.0. The number of amides is 3. The van der Waals surface area contributed by atoms with E-state index < -0.39 is 83.9 Å². The van der Waals surface area contributed by atoms with Crippen LogP contribution < -0.4 is 10.6 Å². The number of aliphatic imine (C=N–C) groups is 1. The van der Waals surface area contributed by atoms with Crippen molar-refractivity contribution < 1.29 is 57.8 Å². The molecule has 17 heteroatoms. The average Bonchev–Trinajstić information content (AvgIpc) is 3.45. The number of aliphatic hydroxyl groups excluding tert-OH is 1. The maximum absolute atomic E-state index is 14.6. The second kappa shape index (κ2) is 21.5. The van der Waals surface area contributed by atoms with Gasteiger partial charge in [-0.2, -0.15) is 0 Å². The van der Waals surface area contributed by atoms with Crippen LogP contribution in [0.3, 0.4) is 0 Å². The molecule has 4 rings (SSSR count). The van der Waals surface area contributed by atoms with Crippen molar-refractivity contribution in [2.24, 2.45) is 22.7 Å². The van der Waals surface area contributed by atoms with Crippen molar-refractivity contribution in [2.45, 2.75) is 212 Å². The molecule has 17 nitrogen and oxygen atoms in total. The van der Waals surface area contributed by atoms with Crippen LogP contribution in [0.1, 0.15) is 128 Å². The van der Waals surface area contributed by atoms with Gasteiger partial charge in [0.25, 0.3) is 6.02 Å². The van der Waals surface area contributed by atoms with Crippen LogP contribution in [0.15, 0.2) is 4.99 Å². The summed E-state index contributed by atoms with van der Waals surface area (Å²) in [5, 5.41) is 29.7. The molecule has 358 valence electrons. The molecule has 4 fully saturated rings. The molecule has 0 bridgehead atoms. The number of nitrogens with one attached hydrogen (secondary N) is 2. The van der Waals surface area contributed by atoms with Crippen molar-refractivity contribution in [2.75, 3.05) is 34.3 Å². The molecule has 0 spiro atoms. The molecule has 4 saturated heterocycles. The van der Waals surface area contributed by atoms with Gasteiger partial charge in [-0.15, -0.1) is 0 Å². The van der Waals surface area contributed by atoms with Crippen molar-refractivity contribution in [3.8, 4) is 0 Å². The lowest BCUT2D eigenvalue weighted by atomic mass is 9.77. The number of fused-ring (bicyclic) bond motifs is 1. The number of rotatable bonds is 11. The van der Waals surface area contributed by atoms with Gasteiger partial charge in [-0.1, -0.05) is 20.8 Å². The molecule has 9 unspecified atom stereocenters. The quantitative estimate of drug-likeness (QED) is 0.214. The Hall–Kier alpha value is -2.80. The van der Waals surface area contributed by atoms with E-state index in [0.717, 1.165) is 0 Å². The number of hydrogen-bond donors (Lipinski definition) is 4. The Morgan fingerprint density at radius 3 is 2.35 bits per heavy atom. The highest BCUT2D eigenvalue weighted by Crippen LogP contribution is 2.41. The molecule has 4 heterocycles. The summed E-state index contributed by atoms with van der Waals surface area (Å²) in [6, 6.07) is -0.124. The molecule has 4 aliphatic rings. The fourth-order valence-electron chi connectivity index (χ4n) is 9.50. The van der Waals surface area contributed by atoms with Crippen molar-refractivity contribution >= 4 is 23.9 Å². The number of amidine groups is 1. The maximum atomic E-state index is 14.6. The topological polar surface area (TPSA) is 199 Å². The number of likely N-dealkylation sites (N-methyl/N-ethyl adjacent to an activating group) is 1. The third kappa shape index (κ3) is 13.6. The van der Waals surface area contributed by atoms with E-state index in [1.807, 2.05) is 46.6 Å². The fourth-order valence-corrected chi connectivity index (χ4v) is 9.50. The fraction of sp³-hybridized carbons (Fsp3) is 0.911. The summed E-state index contributed by atoms with van der Waals surface area (Å²) < 4.78 is 44.3. The highest BCUT2D eigenvalue weighted by atomic mass is 16.7. The minimum Gasteiger partial charge on any atom is -0.454 e.